The molecule has 0 aromatic heterocycles. The van der Waals surface area contributed by atoms with E-state index in [0.29, 0.717) is 0 Å². The predicted molar refractivity (Wildman–Crippen MR) is 80.5 cm³/mol. The Hall–Kier alpha value is -0.380. The molecule has 96 valence electrons. The van der Waals surface area contributed by atoms with E-state index in [4.69, 9.17) is 11.6 Å². The van der Waals surface area contributed by atoms with Crippen LogP contribution < -0.4 is 10.2 Å². The summed E-state index contributed by atoms with van der Waals surface area (Å²) in [5.41, 5.74) is 2.35. The van der Waals surface area contributed by atoms with E-state index >= 15 is 0 Å². The number of hydrogen-bond acceptors (Lipinski definition) is 3. The summed E-state index contributed by atoms with van der Waals surface area (Å²) in [6.45, 7) is 4.94. The molecule has 0 aliphatic heterocycles. The predicted octanol–water partition coefficient (Wildman–Crippen LogP) is 3.25. The Kier molecular flexibility index (Phi) is 6.78. The van der Waals surface area contributed by atoms with Gasteiger partial charge in [-0.2, -0.15) is 11.8 Å². The molecule has 0 aliphatic rings. The highest BCUT2D eigenvalue weighted by molar-refractivity contribution is 7.98. The van der Waals surface area contributed by atoms with E-state index in [1.54, 1.807) is 0 Å². The lowest BCUT2D eigenvalue weighted by molar-refractivity contribution is 0.727. The Balaban J connectivity index is 2.67. The highest BCUT2D eigenvalue weighted by Gasteiger charge is 2.04. The van der Waals surface area contributed by atoms with Crippen molar-refractivity contribution in [3.05, 3.63) is 28.8 Å². The second kappa shape index (κ2) is 7.85. The van der Waals surface area contributed by atoms with E-state index in [1.165, 1.54) is 5.69 Å². The monoisotopic (exact) mass is 272 g/mol. The standard InChI is InChI=1S/C13H21ClN2S/c1-4-15-10-11-5-6-12(9-13(11)14)16(2)7-8-17-3/h5-6,9,15H,4,7-8,10H2,1-3H3. The maximum Gasteiger partial charge on any atom is 0.0471 e. The molecule has 0 bridgehead atoms. The Bertz CT molecular complexity index is 344. The highest BCUT2D eigenvalue weighted by atomic mass is 35.5. The number of halogens is 1. The molecule has 0 atom stereocenters. The summed E-state index contributed by atoms with van der Waals surface area (Å²) in [4.78, 5) is 2.24. The van der Waals surface area contributed by atoms with Crippen molar-refractivity contribution in [1.29, 1.82) is 0 Å². The molecule has 1 aromatic carbocycles. The summed E-state index contributed by atoms with van der Waals surface area (Å²) in [5.74, 6) is 1.13. The van der Waals surface area contributed by atoms with Gasteiger partial charge in [0.05, 0.1) is 0 Å². The van der Waals surface area contributed by atoms with Crippen LogP contribution in [0.15, 0.2) is 18.2 Å². The molecule has 1 rings (SSSR count). The first kappa shape index (κ1) is 14.7. The van der Waals surface area contributed by atoms with Crippen molar-refractivity contribution >= 4 is 29.1 Å². The molecule has 0 radical (unpaired) electrons. The molecule has 1 aromatic rings. The van der Waals surface area contributed by atoms with Crippen LogP contribution in [0, 0.1) is 0 Å². The van der Waals surface area contributed by atoms with Gasteiger partial charge in [-0.25, -0.2) is 0 Å². The molecular weight excluding hydrogens is 252 g/mol. The van der Waals surface area contributed by atoms with E-state index in [1.807, 2.05) is 11.8 Å². The van der Waals surface area contributed by atoms with E-state index < -0.39 is 0 Å². The van der Waals surface area contributed by atoms with Gasteiger partial charge in [0.2, 0.25) is 0 Å². The van der Waals surface area contributed by atoms with Crippen molar-refractivity contribution in [3.8, 4) is 0 Å². The van der Waals surface area contributed by atoms with Crippen LogP contribution in [0.2, 0.25) is 5.02 Å². The first-order chi connectivity index (χ1) is 8.19. The molecule has 0 unspecified atom stereocenters. The van der Waals surface area contributed by atoms with Gasteiger partial charge in [0.1, 0.15) is 0 Å². The molecule has 2 nitrogen and oxygen atoms in total. The van der Waals surface area contributed by atoms with Gasteiger partial charge in [0, 0.05) is 36.6 Å². The lowest BCUT2D eigenvalue weighted by Crippen LogP contribution is -2.20. The molecule has 1 N–H and O–H groups in total. The Morgan fingerprint density at radius 2 is 2.18 bits per heavy atom. The van der Waals surface area contributed by atoms with Gasteiger partial charge in [-0.3, -0.25) is 0 Å². The summed E-state index contributed by atoms with van der Waals surface area (Å²) in [5, 5.41) is 4.13. The molecule has 4 heteroatoms. The minimum Gasteiger partial charge on any atom is -0.374 e. The van der Waals surface area contributed by atoms with Crippen molar-refractivity contribution in [3.63, 3.8) is 0 Å². The molecular formula is C13H21ClN2S. The normalized spacial score (nSPS) is 10.6. The second-order valence-electron chi connectivity index (χ2n) is 3.97. The lowest BCUT2D eigenvalue weighted by Gasteiger charge is -2.19. The van der Waals surface area contributed by atoms with Crippen molar-refractivity contribution in [2.75, 3.05) is 37.0 Å². The van der Waals surface area contributed by atoms with Crippen LogP contribution in [0.1, 0.15) is 12.5 Å². The van der Waals surface area contributed by atoms with Gasteiger partial charge in [-0.1, -0.05) is 24.6 Å². The van der Waals surface area contributed by atoms with Crippen LogP contribution in [0.25, 0.3) is 0 Å². The smallest absolute Gasteiger partial charge is 0.0471 e. The van der Waals surface area contributed by atoms with Crippen LogP contribution >= 0.6 is 23.4 Å². The fourth-order valence-corrected chi connectivity index (χ4v) is 2.23. The third kappa shape index (κ3) is 4.78. The lowest BCUT2D eigenvalue weighted by atomic mass is 10.2. The zero-order valence-corrected chi connectivity index (χ0v) is 12.4. The van der Waals surface area contributed by atoms with Crippen molar-refractivity contribution in [2.45, 2.75) is 13.5 Å². The van der Waals surface area contributed by atoms with Gasteiger partial charge in [0.25, 0.3) is 0 Å². The molecule has 0 fully saturated rings. The Labute approximate surface area is 114 Å². The fourth-order valence-electron chi connectivity index (χ4n) is 1.53. The van der Waals surface area contributed by atoms with Crippen LogP contribution in [0.5, 0.6) is 0 Å². The zero-order chi connectivity index (χ0) is 12.7. The largest absolute Gasteiger partial charge is 0.374 e. The number of rotatable bonds is 7. The number of anilines is 1. The molecule has 0 saturated heterocycles. The number of benzene rings is 1. The molecule has 17 heavy (non-hydrogen) atoms. The fraction of sp³-hybridized carbons (Fsp3) is 0.538. The Morgan fingerprint density at radius 1 is 1.41 bits per heavy atom. The van der Waals surface area contributed by atoms with Crippen molar-refractivity contribution in [2.24, 2.45) is 0 Å². The minimum atomic E-state index is 0.837. The number of hydrogen-bond donors (Lipinski definition) is 1. The quantitative estimate of drug-likeness (QED) is 0.820. The second-order valence-corrected chi connectivity index (χ2v) is 5.36. The first-order valence-corrected chi connectivity index (χ1v) is 7.65. The van der Waals surface area contributed by atoms with Crippen LogP contribution in [-0.2, 0) is 6.54 Å². The van der Waals surface area contributed by atoms with Crippen LogP contribution in [0.4, 0.5) is 5.69 Å². The average Bonchev–Trinajstić information content (AvgIpc) is 2.34. The van der Waals surface area contributed by atoms with Crippen molar-refractivity contribution in [1.82, 2.24) is 5.32 Å². The molecule has 0 heterocycles. The molecule has 0 saturated carbocycles. The number of thioether (sulfide) groups is 1. The van der Waals surface area contributed by atoms with Crippen LogP contribution in [0.3, 0.4) is 0 Å². The summed E-state index contributed by atoms with van der Waals surface area (Å²) in [6.07, 6.45) is 2.13. The van der Waals surface area contributed by atoms with Gasteiger partial charge < -0.3 is 10.2 Å². The molecule has 0 amide bonds. The van der Waals surface area contributed by atoms with E-state index in [0.717, 1.165) is 36.0 Å². The summed E-state index contributed by atoms with van der Waals surface area (Å²) >= 11 is 8.13. The number of nitrogens with zero attached hydrogens (tertiary/aromatic N) is 1. The average molecular weight is 273 g/mol. The SMILES string of the molecule is CCNCc1ccc(N(C)CCSC)cc1Cl. The Morgan fingerprint density at radius 3 is 2.76 bits per heavy atom. The number of nitrogens with one attached hydrogen (secondary N) is 1. The summed E-state index contributed by atoms with van der Waals surface area (Å²) in [6, 6.07) is 6.29. The van der Waals surface area contributed by atoms with Gasteiger partial charge in [-0.05, 0) is 30.5 Å². The minimum absolute atomic E-state index is 0.837. The van der Waals surface area contributed by atoms with E-state index in [-0.39, 0.29) is 0 Å². The van der Waals surface area contributed by atoms with Crippen LogP contribution in [-0.4, -0.2) is 32.1 Å². The third-order valence-corrected chi connectivity index (χ3v) is 3.62. The van der Waals surface area contributed by atoms with E-state index in [2.05, 4.69) is 48.6 Å². The van der Waals surface area contributed by atoms with E-state index in [9.17, 15) is 0 Å². The third-order valence-electron chi connectivity index (χ3n) is 2.67. The molecule has 0 aliphatic carbocycles. The van der Waals surface area contributed by atoms with Gasteiger partial charge >= 0.3 is 0 Å². The molecule has 0 spiro atoms. The summed E-state index contributed by atoms with van der Waals surface area (Å²) < 4.78 is 0. The zero-order valence-electron chi connectivity index (χ0n) is 10.8. The maximum atomic E-state index is 6.27. The van der Waals surface area contributed by atoms with Gasteiger partial charge in [0.15, 0.2) is 0 Å². The summed E-state index contributed by atoms with van der Waals surface area (Å²) in [7, 11) is 2.10. The first-order valence-electron chi connectivity index (χ1n) is 5.88. The van der Waals surface area contributed by atoms with Crippen molar-refractivity contribution < 1.29 is 0 Å². The highest BCUT2D eigenvalue weighted by Crippen LogP contribution is 2.23. The van der Waals surface area contributed by atoms with Gasteiger partial charge in [-0.15, -0.1) is 0 Å². The maximum absolute atomic E-state index is 6.27. The topological polar surface area (TPSA) is 15.3 Å².